The van der Waals surface area contributed by atoms with Crippen molar-refractivity contribution in [1.82, 2.24) is 0 Å². The van der Waals surface area contributed by atoms with Crippen molar-refractivity contribution in [2.45, 2.75) is 6.42 Å². The average molecular weight is 219 g/mol. The number of aldehydes is 1. The first-order chi connectivity index (χ1) is 7.76. The molecule has 1 aromatic carbocycles. The highest BCUT2D eigenvalue weighted by Gasteiger charge is 2.35. The molecule has 1 heterocycles. The highest BCUT2D eigenvalue weighted by atomic mass is 16.5. The van der Waals surface area contributed by atoms with Gasteiger partial charge in [-0.3, -0.25) is 0 Å². The van der Waals surface area contributed by atoms with Gasteiger partial charge in [-0.1, -0.05) is 18.2 Å². The lowest BCUT2D eigenvalue weighted by Gasteiger charge is -2.28. The van der Waals surface area contributed by atoms with E-state index in [0.29, 0.717) is 13.2 Å². The summed E-state index contributed by atoms with van der Waals surface area (Å²) in [7, 11) is 2.01. The topological polar surface area (TPSA) is 29.5 Å². The van der Waals surface area contributed by atoms with Gasteiger partial charge in [-0.2, -0.15) is 0 Å². The van der Waals surface area contributed by atoms with Crippen LogP contribution in [0.1, 0.15) is 6.42 Å². The van der Waals surface area contributed by atoms with Gasteiger partial charge >= 0.3 is 0 Å². The Balaban J connectivity index is 2.06. The van der Waals surface area contributed by atoms with Crippen LogP contribution < -0.4 is 4.90 Å². The van der Waals surface area contributed by atoms with Gasteiger partial charge in [0.1, 0.15) is 6.29 Å². The number of nitrogens with zero attached hydrogens (tertiary/aromatic N) is 1. The first-order valence-electron chi connectivity index (χ1n) is 5.56. The third-order valence-corrected chi connectivity index (χ3v) is 3.13. The SMILES string of the molecule is CN(CC1(C=O)CCOC1)c1ccccc1. The van der Waals surface area contributed by atoms with Crippen molar-refractivity contribution < 1.29 is 9.53 Å². The van der Waals surface area contributed by atoms with E-state index in [1.165, 1.54) is 0 Å². The van der Waals surface area contributed by atoms with E-state index in [1.807, 2.05) is 37.4 Å². The molecule has 3 heteroatoms. The molecule has 0 N–H and O–H groups in total. The van der Waals surface area contributed by atoms with Crippen molar-refractivity contribution in [3.05, 3.63) is 30.3 Å². The van der Waals surface area contributed by atoms with Crippen molar-refractivity contribution in [2.75, 3.05) is 31.7 Å². The van der Waals surface area contributed by atoms with Crippen LogP contribution in [0.15, 0.2) is 30.3 Å². The van der Waals surface area contributed by atoms with Crippen LogP contribution in [0.5, 0.6) is 0 Å². The maximum atomic E-state index is 11.2. The van der Waals surface area contributed by atoms with Gasteiger partial charge in [0.25, 0.3) is 0 Å². The lowest BCUT2D eigenvalue weighted by molar-refractivity contribution is -0.115. The Bertz CT molecular complexity index is 344. The predicted molar refractivity (Wildman–Crippen MR) is 63.6 cm³/mol. The summed E-state index contributed by atoms with van der Waals surface area (Å²) < 4.78 is 5.33. The lowest BCUT2D eigenvalue weighted by Crippen LogP contribution is -2.37. The zero-order chi connectivity index (χ0) is 11.4. The van der Waals surface area contributed by atoms with Gasteiger partial charge in [-0.25, -0.2) is 0 Å². The number of rotatable bonds is 4. The molecule has 0 radical (unpaired) electrons. The Morgan fingerprint density at radius 3 is 2.75 bits per heavy atom. The van der Waals surface area contributed by atoms with E-state index in [2.05, 4.69) is 4.90 Å². The molecule has 0 aromatic heterocycles. The number of benzene rings is 1. The fourth-order valence-electron chi connectivity index (χ4n) is 2.12. The Morgan fingerprint density at radius 2 is 2.19 bits per heavy atom. The van der Waals surface area contributed by atoms with Gasteiger partial charge in [0.05, 0.1) is 12.0 Å². The number of para-hydroxylation sites is 1. The van der Waals surface area contributed by atoms with Crippen LogP contribution in [-0.4, -0.2) is 33.1 Å². The molecule has 0 spiro atoms. The summed E-state index contributed by atoms with van der Waals surface area (Å²) in [4.78, 5) is 13.3. The van der Waals surface area contributed by atoms with Crippen molar-refractivity contribution in [2.24, 2.45) is 5.41 Å². The quantitative estimate of drug-likeness (QED) is 0.722. The molecule has 1 aliphatic heterocycles. The molecule has 1 aromatic rings. The summed E-state index contributed by atoms with van der Waals surface area (Å²) in [6, 6.07) is 10.1. The molecule has 1 aliphatic rings. The van der Waals surface area contributed by atoms with Crippen LogP contribution in [0.3, 0.4) is 0 Å². The number of ether oxygens (including phenoxy) is 1. The molecular weight excluding hydrogens is 202 g/mol. The van der Waals surface area contributed by atoms with Crippen molar-refractivity contribution in [3.8, 4) is 0 Å². The Labute approximate surface area is 96.0 Å². The maximum absolute atomic E-state index is 11.2. The third kappa shape index (κ3) is 2.25. The molecule has 0 bridgehead atoms. The molecule has 1 fully saturated rings. The fraction of sp³-hybridized carbons (Fsp3) is 0.462. The van der Waals surface area contributed by atoms with Gasteiger partial charge in [0.2, 0.25) is 0 Å². The number of anilines is 1. The van der Waals surface area contributed by atoms with Gasteiger partial charge in [0.15, 0.2) is 0 Å². The lowest BCUT2D eigenvalue weighted by atomic mass is 9.88. The molecule has 86 valence electrons. The first kappa shape index (κ1) is 11.1. The molecule has 3 nitrogen and oxygen atoms in total. The van der Waals surface area contributed by atoms with E-state index in [9.17, 15) is 4.79 Å². The summed E-state index contributed by atoms with van der Waals surface area (Å²) >= 11 is 0. The van der Waals surface area contributed by atoms with Crippen LogP contribution in [0.25, 0.3) is 0 Å². The monoisotopic (exact) mass is 219 g/mol. The normalized spacial score (nSPS) is 24.3. The van der Waals surface area contributed by atoms with E-state index >= 15 is 0 Å². The van der Waals surface area contributed by atoms with Gasteiger partial charge < -0.3 is 14.4 Å². The Hall–Kier alpha value is -1.35. The van der Waals surface area contributed by atoms with E-state index in [-0.39, 0.29) is 5.41 Å². The summed E-state index contributed by atoms with van der Waals surface area (Å²) in [6.45, 7) is 1.97. The zero-order valence-corrected chi connectivity index (χ0v) is 9.56. The molecule has 0 aliphatic carbocycles. The van der Waals surface area contributed by atoms with Gasteiger partial charge in [-0.15, -0.1) is 0 Å². The molecule has 0 amide bonds. The molecule has 1 unspecified atom stereocenters. The van der Waals surface area contributed by atoms with Crippen molar-refractivity contribution in [1.29, 1.82) is 0 Å². The van der Waals surface area contributed by atoms with Crippen LogP contribution in [0, 0.1) is 5.41 Å². The van der Waals surface area contributed by atoms with Crippen LogP contribution >= 0.6 is 0 Å². The smallest absolute Gasteiger partial charge is 0.130 e. The Morgan fingerprint density at radius 1 is 1.44 bits per heavy atom. The maximum Gasteiger partial charge on any atom is 0.130 e. The zero-order valence-electron chi connectivity index (χ0n) is 9.56. The number of carbonyl (C=O) groups excluding carboxylic acids is 1. The first-order valence-corrected chi connectivity index (χ1v) is 5.56. The highest BCUT2D eigenvalue weighted by Crippen LogP contribution is 2.28. The third-order valence-electron chi connectivity index (χ3n) is 3.13. The highest BCUT2D eigenvalue weighted by molar-refractivity contribution is 5.62. The van der Waals surface area contributed by atoms with E-state index in [0.717, 1.165) is 24.9 Å². The average Bonchev–Trinajstić information content (AvgIpc) is 2.79. The molecule has 1 atom stereocenters. The second-order valence-electron chi connectivity index (χ2n) is 4.47. The summed E-state index contributed by atoms with van der Waals surface area (Å²) in [6.07, 6.45) is 1.88. The van der Waals surface area contributed by atoms with E-state index in [4.69, 9.17) is 4.74 Å². The molecule has 16 heavy (non-hydrogen) atoms. The molecule has 2 rings (SSSR count). The summed E-state index contributed by atoms with van der Waals surface area (Å²) in [5.74, 6) is 0. The molecular formula is C13H17NO2. The minimum Gasteiger partial charge on any atom is -0.380 e. The van der Waals surface area contributed by atoms with Gasteiger partial charge in [-0.05, 0) is 18.6 Å². The van der Waals surface area contributed by atoms with Crippen LogP contribution in [-0.2, 0) is 9.53 Å². The summed E-state index contributed by atoms with van der Waals surface area (Å²) in [5.41, 5.74) is 0.820. The second-order valence-corrected chi connectivity index (χ2v) is 4.47. The number of carbonyl (C=O) groups is 1. The van der Waals surface area contributed by atoms with E-state index < -0.39 is 0 Å². The van der Waals surface area contributed by atoms with Crippen LogP contribution in [0.2, 0.25) is 0 Å². The molecule has 0 saturated carbocycles. The Kier molecular flexibility index (Phi) is 3.25. The minimum absolute atomic E-state index is 0.315. The second kappa shape index (κ2) is 4.66. The van der Waals surface area contributed by atoms with Crippen molar-refractivity contribution in [3.63, 3.8) is 0 Å². The standard InChI is InChI=1S/C13H17NO2/c1-14(12-5-3-2-4-6-12)9-13(10-15)7-8-16-11-13/h2-6,10H,7-9,11H2,1H3. The van der Waals surface area contributed by atoms with Crippen LogP contribution in [0.4, 0.5) is 5.69 Å². The fourth-order valence-corrected chi connectivity index (χ4v) is 2.12. The largest absolute Gasteiger partial charge is 0.380 e. The number of hydrogen-bond donors (Lipinski definition) is 0. The predicted octanol–water partition coefficient (Wildman–Crippen LogP) is 1.73. The van der Waals surface area contributed by atoms with Crippen molar-refractivity contribution >= 4 is 12.0 Å². The minimum atomic E-state index is -0.315. The molecule has 1 saturated heterocycles. The van der Waals surface area contributed by atoms with E-state index in [1.54, 1.807) is 0 Å². The summed E-state index contributed by atoms with van der Waals surface area (Å²) in [5, 5.41) is 0. The van der Waals surface area contributed by atoms with Gasteiger partial charge in [0, 0.05) is 25.9 Å². The number of hydrogen-bond acceptors (Lipinski definition) is 3.